The summed E-state index contributed by atoms with van der Waals surface area (Å²) >= 11 is 0. The number of carbonyl (C=O) groups excluding carboxylic acids is 1. The Morgan fingerprint density at radius 1 is 1.21 bits per heavy atom. The van der Waals surface area contributed by atoms with Gasteiger partial charge in [0, 0.05) is 5.41 Å². The second-order valence-corrected chi connectivity index (χ2v) is 6.91. The Kier molecular flexibility index (Phi) is 2.54. The van der Waals surface area contributed by atoms with E-state index >= 15 is 0 Å². The number of hydrogen-bond acceptors (Lipinski definition) is 2. The number of aliphatic hydroxyl groups is 1. The predicted molar refractivity (Wildman–Crippen MR) is 60.8 cm³/mol. The molecule has 4 aliphatic carbocycles. The molecule has 19 heavy (non-hydrogen) atoms. The molecule has 0 heterocycles. The molecule has 0 aromatic heterocycles. The fraction of sp³-hybridized carbons (Fsp3) is 0.923. The van der Waals surface area contributed by atoms with E-state index in [9.17, 15) is 23.1 Å². The normalized spacial score (nSPS) is 46.3. The summed E-state index contributed by atoms with van der Waals surface area (Å²) in [5.41, 5.74) is 3.47. The zero-order valence-electron chi connectivity index (χ0n) is 10.5. The summed E-state index contributed by atoms with van der Waals surface area (Å²) in [6.07, 6.45) is -4.02. The summed E-state index contributed by atoms with van der Waals surface area (Å²) in [4.78, 5) is 11.7. The lowest BCUT2D eigenvalue weighted by Gasteiger charge is -2.62. The topological polar surface area (TPSA) is 63.3 Å². The van der Waals surface area contributed by atoms with Gasteiger partial charge in [0.2, 0.25) is 5.91 Å². The minimum atomic E-state index is -4.62. The number of amides is 1. The number of carbonyl (C=O) groups is 1. The summed E-state index contributed by atoms with van der Waals surface area (Å²) in [6.45, 7) is 0. The van der Waals surface area contributed by atoms with Gasteiger partial charge >= 0.3 is 6.18 Å². The quantitative estimate of drug-likeness (QED) is 0.810. The van der Waals surface area contributed by atoms with E-state index in [1.54, 1.807) is 0 Å². The predicted octanol–water partition coefficient (Wildman–Crippen LogP) is 1.98. The highest BCUT2D eigenvalue weighted by molar-refractivity contribution is 5.81. The Labute approximate surface area is 109 Å². The van der Waals surface area contributed by atoms with E-state index in [-0.39, 0.29) is 18.3 Å². The first-order valence-electron chi connectivity index (χ1n) is 6.72. The number of primary amides is 1. The molecule has 0 aliphatic heterocycles. The molecule has 3 nitrogen and oxygen atoms in total. The van der Waals surface area contributed by atoms with E-state index in [0.717, 1.165) is 6.42 Å². The minimum absolute atomic E-state index is 0.100. The summed E-state index contributed by atoms with van der Waals surface area (Å²) in [5.74, 6) is -0.281. The Bertz CT molecular complexity index is 407. The summed E-state index contributed by atoms with van der Waals surface area (Å²) in [6, 6.07) is 0. The lowest BCUT2D eigenvalue weighted by molar-refractivity contribution is -0.271. The van der Waals surface area contributed by atoms with Crippen LogP contribution in [0.3, 0.4) is 0 Å². The zero-order valence-corrected chi connectivity index (χ0v) is 10.5. The van der Waals surface area contributed by atoms with Crippen LogP contribution < -0.4 is 5.73 Å². The second-order valence-electron chi connectivity index (χ2n) is 6.91. The molecule has 108 valence electrons. The molecule has 0 aromatic rings. The van der Waals surface area contributed by atoms with E-state index in [4.69, 9.17) is 5.73 Å². The SMILES string of the molecule is NC(=O)C12CC3CC(C1)CC(C(O)C(F)(F)F)(C3)C2. The largest absolute Gasteiger partial charge is 0.414 e. The van der Waals surface area contributed by atoms with Gasteiger partial charge in [0.1, 0.15) is 0 Å². The second kappa shape index (κ2) is 3.65. The van der Waals surface area contributed by atoms with Crippen molar-refractivity contribution in [1.82, 2.24) is 0 Å². The molecule has 3 atom stereocenters. The van der Waals surface area contributed by atoms with Crippen LogP contribution in [0.1, 0.15) is 38.5 Å². The van der Waals surface area contributed by atoms with Crippen molar-refractivity contribution in [3.63, 3.8) is 0 Å². The van der Waals surface area contributed by atoms with E-state index in [2.05, 4.69) is 0 Å². The third-order valence-electron chi connectivity index (χ3n) is 5.52. The lowest BCUT2D eigenvalue weighted by atomic mass is 9.42. The molecule has 0 radical (unpaired) electrons. The number of nitrogens with two attached hydrogens (primary N) is 1. The van der Waals surface area contributed by atoms with Crippen LogP contribution in [0, 0.1) is 22.7 Å². The smallest absolute Gasteiger partial charge is 0.383 e. The van der Waals surface area contributed by atoms with E-state index in [0.29, 0.717) is 25.7 Å². The van der Waals surface area contributed by atoms with Crippen molar-refractivity contribution in [1.29, 1.82) is 0 Å². The molecule has 0 spiro atoms. The van der Waals surface area contributed by atoms with Crippen molar-refractivity contribution in [3.8, 4) is 0 Å². The first-order valence-corrected chi connectivity index (χ1v) is 6.72. The van der Waals surface area contributed by atoms with E-state index in [1.165, 1.54) is 0 Å². The Hall–Kier alpha value is -0.780. The molecule has 4 saturated carbocycles. The molecule has 4 aliphatic rings. The molecule has 4 fully saturated rings. The molecular weight excluding hydrogens is 259 g/mol. The number of aliphatic hydroxyl groups excluding tert-OH is 1. The monoisotopic (exact) mass is 277 g/mol. The average Bonchev–Trinajstić information content (AvgIpc) is 2.24. The van der Waals surface area contributed by atoms with Crippen LogP contribution in [0.25, 0.3) is 0 Å². The fourth-order valence-electron chi connectivity index (χ4n) is 5.29. The molecule has 4 bridgehead atoms. The van der Waals surface area contributed by atoms with Crippen LogP contribution in [0.5, 0.6) is 0 Å². The highest BCUT2D eigenvalue weighted by atomic mass is 19.4. The van der Waals surface area contributed by atoms with Crippen LogP contribution >= 0.6 is 0 Å². The maximum atomic E-state index is 12.9. The molecular formula is C13H18F3NO2. The van der Waals surface area contributed by atoms with Gasteiger partial charge in [-0.05, 0) is 50.4 Å². The first kappa shape index (κ1) is 13.2. The molecule has 3 unspecified atom stereocenters. The van der Waals surface area contributed by atoms with Crippen molar-refractivity contribution >= 4 is 5.91 Å². The van der Waals surface area contributed by atoms with Gasteiger partial charge in [0.05, 0.1) is 5.41 Å². The van der Waals surface area contributed by atoms with Gasteiger partial charge in [0.25, 0.3) is 0 Å². The van der Waals surface area contributed by atoms with Gasteiger partial charge in [-0.2, -0.15) is 13.2 Å². The maximum absolute atomic E-state index is 12.9. The van der Waals surface area contributed by atoms with Gasteiger partial charge in [-0.3, -0.25) is 4.79 Å². The summed E-state index contributed by atoms with van der Waals surface area (Å²) in [7, 11) is 0. The Morgan fingerprint density at radius 3 is 2.16 bits per heavy atom. The molecule has 1 amide bonds. The van der Waals surface area contributed by atoms with Crippen molar-refractivity contribution in [3.05, 3.63) is 0 Å². The third kappa shape index (κ3) is 1.79. The van der Waals surface area contributed by atoms with E-state index < -0.39 is 29.0 Å². The molecule has 4 rings (SSSR count). The maximum Gasteiger partial charge on any atom is 0.414 e. The Balaban J connectivity index is 1.98. The number of rotatable bonds is 2. The highest BCUT2D eigenvalue weighted by Gasteiger charge is 2.65. The zero-order chi connectivity index (χ0) is 14.1. The van der Waals surface area contributed by atoms with Crippen LogP contribution in [-0.4, -0.2) is 23.3 Å². The van der Waals surface area contributed by atoms with Crippen molar-refractivity contribution in [2.24, 2.45) is 28.4 Å². The van der Waals surface area contributed by atoms with Crippen LogP contribution in [-0.2, 0) is 4.79 Å². The van der Waals surface area contributed by atoms with Gasteiger partial charge in [0.15, 0.2) is 6.10 Å². The average molecular weight is 277 g/mol. The number of halogens is 3. The summed E-state index contributed by atoms with van der Waals surface area (Å²) in [5, 5.41) is 9.77. The standard InChI is InChI=1S/C13H18F3NO2/c14-13(15,16)9(18)11-2-7-1-8(3-11)5-12(4-7,6-11)10(17)19/h7-9,18H,1-6H2,(H2,17,19). The van der Waals surface area contributed by atoms with E-state index in [1.807, 2.05) is 0 Å². The number of alkyl halides is 3. The minimum Gasteiger partial charge on any atom is -0.383 e. The fourth-order valence-corrected chi connectivity index (χ4v) is 5.29. The lowest BCUT2D eigenvalue weighted by Crippen LogP contribution is -2.62. The number of hydrogen-bond donors (Lipinski definition) is 2. The Morgan fingerprint density at radius 2 is 1.74 bits per heavy atom. The van der Waals surface area contributed by atoms with Crippen molar-refractivity contribution < 1.29 is 23.1 Å². The summed E-state index contributed by atoms with van der Waals surface area (Å²) < 4.78 is 38.8. The van der Waals surface area contributed by atoms with Crippen molar-refractivity contribution in [2.75, 3.05) is 0 Å². The van der Waals surface area contributed by atoms with Gasteiger partial charge in [-0.25, -0.2) is 0 Å². The van der Waals surface area contributed by atoms with Gasteiger partial charge < -0.3 is 10.8 Å². The molecule has 3 N–H and O–H groups in total. The molecule has 0 saturated heterocycles. The molecule has 0 aromatic carbocycles. The third-order valence-corrected chi connectivity index (χ3v) is 5.52. The molecule has 6 heteroatoms. The van der Waals surface area contributed by atoms with Crippen LogP contribution in [0.4, 0.5) is 13.2 Å². The first-order chi connectivity index (χ1) is 8.67. The van der Waals surface area contributed by atoms with Crippen molar-refractivity contribution in [2.45, 2.75) is 50.8 Å². The highest BCUT2D eigenvalue weighted by Crippen LogP contribution is 2.67. The van der Waals surface area contributed by atoms with Gasteiger partial charge in [-0.15, -0.1) is 0 Å². The van der Waals surface area contributed by atoms with Crippen LogP contribution in [0.15, 0.2) is 0 Å². The van der Waals surface area contributed by atoms with Crippen LogP contribution in [0.2, 0.25) is 0 Å². The van der Waals surface area contributed by atoms with Gasteiger partial charge in [-0.1, -0.05) is 0 Å².